The van der Waals surface area contributed by atoms with Crippen LogP contribution < -0.4 is 10.6 Å². The molecule has 0 spiro atoms. The average molecular weight is 235 g/mol. The lowest BCUT2D eigenvalue weighted by Gasteiger charge is -2.07. The number of benzene rings is 1. The van der Waals surface area contributed by atoms with Crippen molar-refractivity contribution < 1.29 is 0 Å². The van der Waals surface area contributed by atoms with Crippen LogP contribution in [-0.4, -0.2) is 24.0 Å². The van der Waals surface area contributed by atoms with E-state index in [1.54, 1.807) is 0 Å². The van der Waals surface area contributed by atoms with Gasteiger partial charge in [0.05, 0.1) is 17.1 Å². The summed E-state index contributed by atoms with van der Waals surface area (Å²) in [7, 11) is 0. The Morgan fingerprint density at radius 3 is 3.12 bits per heavy atom. The molecule has 5 heteroatoms. The van der Waals surface area contributed by atoms with Gasteiger partial charge in [-0.05, 0) is 18.2 Å². The number of guanidine groups is 1. The minimum atomic E-state index is 0.712. The van der Waals surface area contributed by atoms with Crippen molar-refractivity contribution in [3.63, 3.8) is 0 Å². The summed E-state index contributed by atoms with van der Waals surface area (Å²) in [4.78, 5) is 7.37. The molecular weight excluding hydrogens is 224 g/mol. The van der Waals surface area contributed by atoms with Crippen molar-refractivity contribution in [2.45, 2.75) is 0 Å². The van der Waals surface area contributed by atoms with E-state index >= 15 is 0 Å². The molecule has 0 unspecified atom stereocenters. The van der Waals surface area contributed by atoms with Gasteiger partial charge in [-0.15, -0.1) is 0 Å². The van der Waals surface area contributed by atoms with Gasteiger partial charge in [-0.1, -0.05) is 11.6 Å². The molecule has 0 radical (unpaired) electrons. The maximum atomic E-state index is 6.16. The number of nitrogens with zero attached hydrogens (tertiary/aromatic N) is 1. The van der Waals surface area contributed by atoms with Crippen LogP contribution in [0.4, 0.5) is 5.69 Å². The summed E-state index contributed by atoms with van der Waals surface area (Å²) in [5.74, 6) is 0.811. The highest BCUT2D eigenvalue weighted by Crippen LogP contribution is 2.26. The number of aromatic nitrogens is 1. The SMILES string of the molecule is Clc1cc(NC2=NCCN2)cc2cc[nH]c12. The van der Waals surface area contributed by atoms with Gasteiger partial charge in [0.15, 0.2) is 5.96 Å². The third-order valence-electron chi connectivity index (χ3n) is 2.55. The summed E-state index contributed by atoms with van der Waals surface area (Å²) in [5.41, 5.74) is 1.92. The van der Waals surface area contributed by atoms with Crippen LogP contribution in [0, 0.1) is 0 Å². The van der Waals surface area contributed by atoms with Gasteiger partial charge in [-0.25, -0.2) is 0 Å². The lowest BCUT2D eigenvalue weighted by atomic mass is 10.2. The number of H-pyrrole nitrogens is 1. The highest BCUT2D eigenvalue weighted by atomic mass is 35.5. The standard InChI is InChI=1S/C11H11ClN4/c12-9-6-8(16-11-14-3-4-15-11)5-7-1-2-13-10(7)9/h1-2,5-6,13H,3-4H2,(H2,14,15,16). The number of aromatic amines is 1. The van der Waals surface area contributed by atoms with Crippen LogP contribution in [0.5, 0.6) is 0 Å². The molecule has 3 rings (SSSR count). The Morgan fingerprint density at radius 1 is 1.38 bits per heavy atom. The van der Waals surface area contributed by atoms with Crippen LogP contribution in [0.1, 0.15) is 0 Å². The van der Waals surface area contributed by atoms with E-state index in [0.717, 1.165) is 35.6 Å². The van der Waals surface area contributed by atoms with Crippen LogP contribution in [0.15, 0.2) is 29.4 Å². The number of halogens is 1. The molecule has 0 saturated heterocycles. The van der Waals surface area contributed by atoms with Gasteiger partial charge in [-0.3, -0.25) is 4.99 Å². The van der Waals surface area contributed by atoms with Gasteiger partial charge in [0.1, 0.15) is 0 Å². The fourth-order valence-corrected chi connectivity index (χ4v) is 2.10. The van der Waals surface area contributed by atoms with E-state index in [4.69, 9.17) is 11.6 Å². The van der Waals surface area contributed by atoms with Crippen molar-refractivity contribution in [1.29, 1.82) is 0 Å². The Balaban J connectivity index is 1.97. The number of fused-ring (bicyclic) bond motifs is 1. The van der Waals surface area contributed by atoms with Crippen LogP contribution >= 0.6 is 11.6 Å². The second kappa shape index (κ2) is 3.72. The first-order chi connectivity index (χ1) is 7.83. The van der Waals surface area contributed by atoms with E-state index in [1.165, 1.54) is 0 Å². The second-order valence-corrected chi connectivity index (χ2v) is 4.09. The third kappa shape index (κ3) is 1.61. The molecule has 0 aliphatic carbocycles. The third-order valence-corrected chi connectivity index (χ3v) is 2.85. The number of aliphatic imine (C=N–C) groups is 1. The minimum Gasteiger partial charge on any atom is -0.360 e. The first-order valence-electron chi connectivity index (χ1n) is 5.15. The summed E-state index contributed by atoms with van der Waals surface area (Å²) in [6.07, 6.45) is 1.88. The van der Waals surface area contributed by atoms with Gasteiger partial charge in [0.2, 0.25) is 0 Å². The summed E-state index contributed by atoms with van der Waals surface area (Å²) in [6, 6.07) is 5.93. The lowest BCUT2D eigenvalue weighted by Crippen LogP contribution is -2.26. The van der Waals surface area contributed by atoms with Crippen molar-refractivity contribution in [1.82, 2.24) is 10.3 Å². The zero-order valence-corrected chi connectivity index (χ0v) is 9.30. The van der Waals surface area contributed by atoms with Gasteiger partial charge >= 0.3 is 0 Å². The summed E-state index contributed by atoms with van der Waals surface area (Å²) in [6.45, 7) is 1.71. The molecule has 1 aromatic carbocycles. The molecule has 0 atom stereocenters. The van der Waals surface area contributed by atoms with Crippen LogP contribution in [0.3, 0.4) is 0 Å². The van der Waals surface area contributed by atoms with E-state index in [-0.39, 0.29) is 0 Å². The summed E-state index contributed by atoms with van der Waals surface area (Å²) >= 11 is 6.16. The number of hydrogen-bond donors (Lipinski definition) is 3. The molecule has 1 aromatic heterocycles. The molecule has 82 valence electrons. The normalized spacial score (nSPS) is 14.9. The van der Waals surface area contributed by atoms with E-state index in [1.807, 2.05) is 24.4 Å². The Hall–Kier alpha value is -1.68. The van der Waals surface area contributed by atoms with Crippen LogP contribution in [-0.2, 0) is 0 Å². The number of hydrogen-bond acceptors (Lipinski definition) is 3. The Bertz CT molecular complexity index is 558. The molecule has 4 nitrogen and oxygen atoms in total. The van der Waals surface area contributed by atoms with E-state index < -0.39 is 0 Å². The zero-order valence-electron chi connectivity index (χ0n) is 8.55. The van der Waals surface area contributed by atoms with Crippen molar-refractivity contribution >= 4 is 34.2 Å². The molecule has 0 saturated carbocycles. The molecule has 1 aliphatic rings. The van der Waals surface area contributed by atoms with Crippen molar-refractivity contribution in [2.24, 2.45) is 4.99 Å². The quantitative estimate of drug-likeness (QED) is 0.709. The van der Waals surface area contributed by atoms with E-state index in [9.17, 15) is 0 Å². The van der Waals surface area contributed by atoms with Gasteiger partial charge < -0.3 is 15.6 Å². The monoisotopic (exact) mass is 234 g/mol. The van der Waals surface area contributed by atoms with Gasteiger partial charge in [-0.2, -0.15) is 0 Å². The van der Waals surface area contributed by atoms with E-state index in [2.05, 4.69) is 20.6 Å². The molecule has 0 fully saturated rings. The predicted octanol–water partition coefficient (Wildman–Crippen LogP) is 2.19. The fraction of sp³-hybridized carbons (Fsp3) is 0.182. The van der Waals surface area contributed by atoms with Crippen molar-refractivity contribution in [2.75, 3.05) is 18.4 Å². The van der Waals surface area contributed by atoms with Crippen LogP contribution in [0.25, 0.3) is 10.9 Å². The molecule has 16 heavy (non-hydrogen) atoms. The molecular formula is C11H11ClN4. The summed E-state index contributed by atoms with van der Waals surface area (Å²) in [5, 5.41) is 8.16. The predicted molar refractivity (Wildman–Crippen MR) is 67.2 cm³/mol. The Morgan fingerprint density at radius 2 is 2.31 bits per heavy atom. The molecule has 0 bridgehead atoms. The van der Waals surface area contributed by atoms with Crippen molar-refractivity contribution in [3.05, 3.63) is 29.4 Å². The Kier molecular flexibility index (Phi) is 2.22. The zero-order chi connectivity index (χ0) is 11.0. The fourth-order valence-electron chi connectivity index (χ4n) is 1.82. The van der Waals surface area contributed by atoms with Crippen molar-refractivity contribution in [3.8, 4) is 0 Å². The number of nitrogens with one attached hydrogen (secondary N) is 3. The number of rotatable bonds is 1. The average Bonchev–Trinajstić information content (AvgIpc) is 2.87. The molecule has 2 heterocycles. The summed E-state index contributed by atoms with van der Waals surface area (Å²) < 4.78 is 0. The smallest absolute Gasteiger partial charge is 0.195 e. The van der Waals surface area contributed by atoms with Gasteiger partial charge in [0.25, 0.3) is 0 Å². The molecule has 3 N–H and O–H groups in total. The molecule has 1 aliphatic heterocycles. The highest BCUT2D eigenvalue weighted by Gasteiger charge is 2.07. The second-order valence-electron chi connectivity index (χ2n) is 3.68. The molecule has 0 amide bonds. The lowest BCUT2D eigenvalue weighted by molar-refractivity contribution is 0.959. The first kappa shape index (κ1) is 9.54. The topological polar surface area (TPSA) is 52.2 Å². The maximum Gasteiger partial charge on any atom is 0.195 e. The minimum absolute atomic E-state index is 0.712. The maximum absolute atomic E-state index is 6.16. The number of anilines is 1. The molecule has 2 aromatic rings. The van der Waals surface area contributed by atoms with Gasteiger partial charge in [0, 0.05) is 23.8 Å². The van der Waals surface area contributed by atoms with E-state index in [0.29, 0.717) is 5.02 Å². The first-order valence-corrected chi connectivity index (χ1v) is 5.53. The highest BCUT2D eigenvalue weighted by molar-refractivity contribution is 6.35. The Labute approximate surface area is 97.7 Å². The largest absolute Gasteiger partial charge is 0.360 e. The van der Waals surface area contributed by atoms with Crippen LogP contribution in [0.2, 0.25) is 5.02 Å².